The molecular weight excluding hydrogens is 434 g/mol. The predicted octanol–water partition coefficient (Wildman–Crippen LogP) is 3.55. The van der Waals surface area contributed by atoms with Gasteiger partial charge in [-0.3, -0.25) is 15.0 Å². The summed E-state index contributed by atoms with van der Waals surface area (Å²) in [6.07, 6.45) is 0. The van der Waals surface area contributed by atoms with Crippen molar-refractivity contribution in [2.75, 3.05) is 27.3 Å². The summed E-state index contributed by atoms with van der Waals surface area (Å²) in [4.78, 5) is 39.3. The number of amidine groups is 1. The Kier molecular flexibility index (Phi) is 7.09. The van der Waals surface area contributed by atoms with Gasteiger partial charge < -0.3 is 19.7 Å². The molecule has 8 nitrogen and oxygen atoms in total. The van der Waals surface area contributed by atoms with Gasteiger partial charge in [0, 0.05) is 24.7 Å². The van der Waals surface area contributed by atoms with Crippen molar-refractivity contribution in [1.82, 2.24) is 10.2 Å². The monoisotopic (exact) mass is 465 g/mol. The maximum Gasteiger partial charge on any atom is 0.338 e. The lowest BCUT2D eigenvalue weighted by Crippen LogP contribution is -2.30. The number of esters is 1. The molecule has 0 fully saturated rings. The molecule has 0 radical (unpaired) electrons. The molecule has 8 heteroatoms. The van der Waals surface area contributed by atoms with Gasteiger partial charge in [0.1, 0.15) is 11.6 Å². The quantitative estimate of drug-likeness (QED) is 0.478. The van der Waals surface area contributed by atoms with Crippen LogP contribution < -0.4 is 10.1 Å². The number of ketones is 1. The van der Waals surface area contributed by atoms with Gasteiger partial charge in [-0.25, -0.2) is 4.79 Å². The second-order valence-corrected chi connectivity index (χ2v) is 9.15. The molecule has 3 rings (SSSR count). The summed E-state index contributed by atoms with van der Waals surface area (Å²) in [5.74, 6) is -0.281. The van der Waals surface area contributed by atoms with E-state index in [-0.39, 0.29) is 29.5 Å². The Morgan fingerprint density at radius 3 is 2.41 bits per heavy atom. The average Bonchev–Trinajstić information content (AvgIpc) is 3.10. The number of benzene rings is 2. The van der Waals surface area contributed by atoms with E-state index in [1.807, 2.05) is 27.7 Å². The Morgan fingerprint density at radius 1 is 1.12 bits per heavy atom. The first-order valence-corrected chi connectivity index (χ1v) is 11.1. The van der Waals surface area contributed by atoms with E-state index in [2.05, 4.69) is 5.32 Å². The normalized spacial score (nSPS) is 12.9. The molecule has 2 aromatic carbocycles. The molecule has 2 N–H and O–H groups in total. The number of carbonyl (C=O) groups excluding carboxylic acids is 3. The largest absolute Gasteiger partial charge is 0.493 e. The van der Waals surface area contributed by atoms with Crippen LogP contribution in [0.3, 0.4) is 0 Å². The number of rotatable bonds is 7. The Balaban J connectivity index is 1.88. The zero-order valence-electron chi connectivity index (χ0n) is 20.5. The summed E-state index contributed by atoms with van der Waals surface area (Å²) in [6, 6.07) is 8.39. The fourth-order valence-corrected chi connectivity index (χ4v) is 4.04. The molecule has 0 spiro atoms. The molecule has 0 atom stereocenters. The maximum atomic E-state index is 13.2. The summed E-state index contributed by atoms with van der Waals surface area (Å²) in [6.45, 7) is 8.50. The van der Waals surface area contributed by atoms with Crippen LogP contribution in [0.1, 0.15) is 75.5 Å². The molecule has 180 valence electrons. The maximum absolute atomic E-state index is 13.2. The van der Waals surface area contributed by atoms with E-state index >= 15 is 0 Å². The van der Waals surface area contributed by atoms with Crippen LogP contribution in [0.2, 0.25) is 0 Å². The van der Waals surface area contributed by atoms with Crippen LogP contribution in [-0.4, -0.2) is 55.7 Å². The first kappa shape index (κ1) is 25.0. The number of carbonyl (C=O) groups is 3. The number of methoxy groups -OCH3 is 1. The molecule has 0 saturated carbocycles. The number of fused-ring (bicyclic) bond motifs is 1. The molecule has 0 bridgehead atoms. The Hall–Kier alpha value is -3.68. The Morgan fingerprint density at radius 2 is 1.82 bits per heavy atom. The fraction of sp³-hybridized carbons (Fsp3) is 0.385. The lowest BCUT2D eigenvalue weighted by molar-refractivity contribution is 0.0597. The van der Waals surface area contributed by atoms with Crippen molar-refractivity contribution in [3.63, 3.8) is 0 Å². The summed E-state index contributed by atoms with van der Waals surface area (Å²) < 4.78 is 10.5. The number of Topliss-reactive ketones (excluding diaryl/α,β-unsaturated/α-hetero) is 1. The second-order valence-electron chi connectivity index (χ2n) is 9.15. The molecule has 1 amide bonds. The minimum atomic E-state index is -0.447. The van der Waals surface area contributed by atoms with Crippen molar-refractivity contribution in [2.45, 2.75) is 39.7 Å². The van der Waals surface area contributed by atoms with Crippen LogP contribution in [-0.2, 0) is 16.7 Å². The van der Waals surface area contributed by atoms with E-state index < -0.39 is 5.97 Å². The molecule has 1 aliphatic heterocycles. The van der Waals surface area contributed by atoms with Gasteiger partial charge in [-0.1, -0.05) is 26.8 Å². The first-order valence-electron chi connectivity index (χ1n) is 11.1. The van der Waals surface area contributed by atoms with Gasteiger partial charge in [0.2, 0.25) is 0 Å². The molecular formula is C26H31N3O5. The Labute approximate surface area is 199 Å². The number of amides is 1. The van der Waals surface area contributed by atoms with Crippen LogP contribution in [0.25, 0.3) is 0 Å². The molecule has 1 heterocycles. The minimum Gasteiger partial charge on any atom is -0.493 e. The average molecular weight is 466 g/mol. The van der Waals surface area contributed by atoms with Crippen molar-refractivity contribution < 1.29 is 23.9 Å². The minimum absolute atomic E-state index is 0.00601. The van der Waals surface area contributed by atoms with Gasteiger partial charge >= 0.3 is 5.97 Å². The number of nitrogens with zero attached hydrogens (tertiary/aromatic N) is 1. The highest BCUT2D eigenvalue weighted by molar-refractivity contribution is 6.07. The molecule has 0 saturated heterocycles. The highest BCUT2D eigenvalue weighted by Gasteiger charge is 2.30. The van der Waals surface area contributed by atoms with Crippen LogP contribution >= 0.6 is 0 Å². The standard InChI is InChI=1S/C26H31N3O5/c1-7-34-22-11-16-13-29(23(27)18(16)12-19(22)24(31)28-5)14-21(30)15-8-9-17(25(32)33-6)20(10-15)26(2,3)4/h8-12,27H,7,13-14H2,1-6H3,(H,28,31). The smallest absolute Gasteiger partial charge is 0.338 e. The number of ether oxygens (including phenoxy) is 2. The SMILES string of the molecule is CCOc1cc2c(cc1C(=O)NC)C(=N)N(CC(=O)c1ccc(C(=O)OC)c(C(C)(C)C)c1)C2. The number of hydrogen-bond acceptors (Lipinski definition) is 6. The van der Waals surface area contributed by atoms with Crippen molar-refractivity contribution in [2.24, 2.45) is 0 Å². The van der Waals surface area contributed by atoms with Gasteiger partial charge in [0.15, 0.2) is 5.78 Å². The zero-order chi connectivity index (χ0) is 25.2. The lowest BCUT2D eigenvalue weighted by Gasteiger charge is -2.23. The zero-order valence-corrected chi connectivity index (χ0v) is 20.5. The van der Waals surface area contributed by atoms with Crippen LogP contribution in [0.15, 0.2) is 30.3 Å². The van der Waals surface area contributed by atoms with E-state index in [0.717, 1.165) is 11.1 Å². The van der Waals surface area contributed by atoms with E-state index in [4.69, 9.17) is 14.9 Å². The summed E-state index contributed by atoms with van der Waals surface area (Å²) in [5, 5.41) is 11.2. The van der Waals surface area contributed by atoms with Gasteiger partial charge in [-0.05, 0) is 47.7 Å². The van der Waals surface area contributed by atoms with Crippen LogP contribution in [0.5, 0.6) is 5.75 Å². The van der Waals surface area contributed by atoms with Crippen molar-refractivity contribution in [3.8, 4) is 5.75 Å². The van der Waals surface area contributed by atoms with E-state index in [9.17, 15) is 14.4 Å². The third-order valence-corrected chi connectivity index (χ3v) is 5.80. The van der Waals surface area contributed by atoms with Crippen LogP contribution in [0, 0.1) is 5.41 Å². The van der Waals surface area contributed by atoms with Gasteiger partial charge in [0.25, 0.3) is 5.91 Å². The molecule has 0 unspecified atom stereocenters. The summed E-state index contributed by atoms with van der Waals surface area (Å²) >= 11 is 0. The topological polar surface area (TPSA) is 109 Å². The molecule has 2 aromatic rings. The van der Waals surface area contributed by atoms with Crippen LogP contribution in [0.4, 0.5) is 0 Å². The third-order valence-electron chi connectivity index (χ3n) is 5.80. The van der Waals surface area contributed by atoms with Crippen molar-refractivity contribution >= 4 is 23.5 Å². The predicted molar refractivity (Wildman–Crippen MR) is 129 cm³/mol. The molecule has 34 heavy (non-hydrogen) atoms. The number of nitrogens with one attached hydrogen (secondary N) is 2. The van der Waals surface area contributed by atoms with E-state index in [1.54, 1.807) is 42.3 Å². The van der Waals surface area contributed by atoms with Gasteiger partial charge in [-0.15, -0.1) is 0 Å². The third kappa shape index (κ3) is 4.81. The number of hydrogen-bond donors (Lipinski definition) is 2. The Bertz CT molecular complexity index is 1160. The van der Waals surface area contributed by atoms with Gasteiger partial charge in [-0.2, -0.15) is 0 Å². The first-order chi connectivity index (χ1) is 16.0. The second kappa shape index (κ2) is 9.67. The lowest BCUT2D eigenvalue weighted by atomic mass is 9.82. The highest BCUT2D eigenvalue weighted by atomic mass is 16.5. The highest BCUT2D eigenvalue weighted by Crippen LogP contribution is 2.31. The van der Waals surface area contributed by atoms with Gasteiger partial charge in [0.05, 0.1) is 31.4 Å². The van der Waals surface area contributed by atoms with Crippen molar-refractivity contribution in [1.29, 1.82) is 5.41 Å². The van der Waals surface area contributed by atoms with E-state index in [0.29, 0.717) is 41.2 Å². The summed E-state index contributed by atoms with van der Waals surface area (Å²) in [7, 11) is 2.87. The molecule has 0 aliphatic carbocycles. The van der Waals surface area contributed by atoms with Crippen molar-refractivity contribution in [3.05, 3.63) is 63.7 Å². The molecule has 0 aromatic heterocycles. The van der Waals surface area contributed by atoms with E-state index in [1.165, 1.54) is 7.11 Å². The summed E-state index contributed by atoms with van der Waals surface area (Å²) in [5.41, 5.74) is 3.02. The fourth-order valence-electron chi connectivity index (χ4n) is 4.04. The molecule has 1 aliphatic rings.